The molecule has 29 heavy (non-hydrogen) atoms. The maximum atomic E-state index is 12.2. The third-order valence-corrected chi connectivity index (χ3v) is 4.58. The SMILES string of the molecule is Cc1cc(C2=NC(=Cc3ccc(-c4ccccc4)cc3)C(=O)O2)ccc1[N+](=O)[O-]. The zero-order valence-corrected chi connectivity index (χ0v) is 15.5. The summed E-state index contributed by atoms with van der Waals surface area (Å²) in [6.07, 6.45) is 1.66. The minimum Gasteiger partial charge on any atom is -0.402 e. The molecule has 0 amide bonds. The standard InChI is InChI=1S/C23H16N2O4/c1-15-13-19(11-12-21(15)25(27)28)22-24-20(23(26)29-22)14-16-7-9-18(10-8-16)17-5-3-2-4-6-17/h2-14H,1H3. The van der Waals surface area contributed by atoms with E-state index in [-0.39, 0.29) is 17.3 Å². The van der Waals surface area contributed by atoms with Gasteiger partial charge in [0, 0.05) is 17.2 Å². The molecule has 0 fully saturated rings. The summed E-state index contributed by atoms with van der Waals surface area (Å²) in [4.78, 5) is 27.0. The molecule has 0 unspecified atom stereocenters. The van der Waals surface area contributed by atoms with Crippen LogP contribution in [0.15, 0.2) is 83.5 Å². The zero-order chi connectivity index (χ0) is 20.4. The molecule has 0 radical (unpaired) electrons. The number of esters is 1. The number of hydrogen-bond donors (Lipinski definition) is 0. The second-order valence-electron chi connectivity index (χ2n) is 6.58. The molecule has 6 nitrogen and oxygen atoms in total. The quantitative estimate of drug-likeness (QED) is 0.277. The number of nitrogens with zero attached hydrogens (tertiary/aromatic N) is 2. The van der Waals surface area contributed by atoms with Gasteiger partial charge in [0.15, 0.2) is 5.70 Å². The highest BCUT2D eigenvalue weighted by atomic mass is 16.6. The smallest absolute Gasteiger partial charge is 0.363 e. The number of carbonyl (C=O) groups is 1. The van der Waals surface area contributed by atoms with E-state index in [0.29, 0.717) is 11.1 Å². The highest BCUT2D eigenvalue weighted by Crippen LogP contribution is 2.25. The number of carbonyl (C=O) groups excluding carboxylic acids is 1. The molecule has 4 rings (SSSR count). The van der Waals surface area contributed by atoms with Crippen molar-refractivity contribution in [3.05, 3.63) is 105 Å². The molecular weight excluding hydrogens is 368 g/mol. The molecule has 0 atom stereocenters. The maximum Gasteiger partial charge on any atom is 0.363 e. The molecule has 1 aliphatic rings. The molecule has 142 valence electrons. The van der Waals surface area contributed by atoms with Crippen molar-refractivity contribution in [3.63, 3.8) is 0 Å². The summed E-state index contributed by atoms with van der Waals surface area (Å²) in [6, 6.07) is 22.3. The Kier molecular flexibility index (Phi) is 4.75. The molecule has 0 saturated carbocycles. The van der Waals surface area contributed by atoms with E-state index in [1.807, 2.05) is 54.6 Å². The van der Waals surface area contributed by atoms with Crippen LogP contribution < -0.4 is 0 Å². The third kappa shape index (κ3) is 3.82. The fraction of sp³-hybridized carbons (Fsp3) is 0.0435. The van der Waals surface area contributed by atoms with Gasteiger partial charge in [-0.2, -0.15) is 0 Å². The van der Waals surface area contributed by atoms with Crippen LogP contribution in [0, 0.1) is 17.0 Å². The highest BCUT2D eigenvalue weighted by molar-refractivity contribution is 6.13. The van der Waals surface area contributed by atoms with Gasteiger partial charge in [0.05, 0.1) is 4.92 Å². The van der Waals surface area contributed by atoms with Gasteiger partial charge in [-0.1, -0.05) is 54.6 Å². The molecule has 0 bridgehead atoms. The number of ether oxygens (including phenoxy) is 1. The van der Waals surface area contributed by atoms with Crippen molar-refractivity contribution in [1.29, 1.82) is 0 Å². The second-order valence-corrected chi connectivity index (χ2v) is 6.58. The summed E-state index contributed by atoms with van der Waals surface area (Å²) in [6.45, 7) is 1.63. The Morgan fingerprint density at radius 2 is 1.59 bits per heavy atom. The van der Waals surface area contributed by atoms with E-state index in [2.05, 4.69) is 4.99 Å². The van der Waals surface area contributed by atoms with Crippen LogP contribution in [0.4, 0.5) is 5.69 Å². The molecule has 0 N–H and O–H groups in total. The van der Waals surface area contributed by atoms with Crippen LogP contribution in [0.3, 0.4) is 0 Å². The second kappa shape index (κ2) is 7.52. The summed E-state index contributed by atoms with van der Waals surface area (Å²) < 4.78 is 5.25. The molecule has 1 heterocycles. The van der Waals surface area contributed by atoms with E-state index in [1.54, 1.807) is 19.1 Å². The van der Waals surface area contributed by atoms with Crippen molar-refractivity contribution in [2.24, 2.45) is 4.99 Å². The first-order valence-electron chi connectivity index (χ1n) is 8.95. The highest BCUT2D eigenvalue weighted by Gasteiger charge is 2.25. The first-order chi connectivity index (χ1) is 14.0. The van der Waals surface area contributed by atoms with Gasteiger partial charge in [-0.05, 0) is 41.8 Å². The van der Waals surface area contributed by atoms with Crippen molar-refractivity contribution in [2.45, 2.75) is 6.92 Å². The fourth-order valence-corrected chi connectivity index (χ4v) is 3.09. The Bertz CT molecular complexity index is 1160. The van der Waals surface area contributed by atoms with Crippen molar-refractivity contribution >= 4 is 23.6 Å². The number of aryl methyl sites for hydroxylation is 1. The number of rotatable bonds is 4. The van der Waals surface area contributed by atoms with Gasteiger partial charge in [-0.15, -0.1) is 0 Å². The topological polar surface area (TPSA) is 81.8 Å². The molecule has 0 spiro atoms. The van der Waals surface area contributed by atoms with Crippen molar-refractivity contribution in [3.8, 4) is 11.1 Å². The lowest BCUT2D eigenvalue weighted by Crippen LogP contribution is -2.06. The number of aliphatic imine (C=N–C) groups is 1. The van der Waals surface area contributed by atoms with Crippen LogP contribution in [0.2, 0.25) is 0 Å². The molecule has 6 heteroatoms. The molecule has 3 aromatic carbocycles. The number of hydrogen-bond acceptors (Lipinski definition) is 5. The average molecular weight is 384 g/mol. The third-order valence-electron chi connectivity index (χ3n) is 4.58. The number of cyclic esters (lactones) is 1. The lowest BCUT2D eigenvalue weighted by atomic mass is 10.0. The number of benzene rings is 3. The Labute approximate surface area is 166 Å². The predicted octanol–water partition coefficient (Wildman–Crippen LogP) is 4.91. The fourth-order valence-electron chi connectivity index (χ4n) is 3.09. The summed E-state index contributed by atoms with van der Waals surface area (Å²) in [5.74, 6) is -0.414. The molecule has 0 saturated heterocycles. The lowest BCUT2D eigenvalue weighted by molar-refractivity contribution is -0.385. The number of nitro benzene ring substituents is 1. The summed E-state index contributed by atoms with van der Waals surface area (Å²) in [5, 5.41) is 11.0. The predicted molar refractivity (Wildman–Crippen MR) is 110 cm³/mol. The monoisotopic (exact) mass is 384 g/mol. The van der Waals surface area contributed by atoms with Crippen LogP contribution in [0.5, 0.6) is 0 Å². The minimum absolute atomic E-state index is 0.00736. The summed E-state index contributed by atoms with van der Waals surface area (Å²) in [7, 11) is 0. The van der Waals surface area contributed by atoms with Gasteiger partial charge in [0.1, 0.15) is 0 Å². The van der Waals surface area contributed by atoms with E-state index in [1.165, 1.54) is 12.1 Å². The van der Waals surface area contributed by atoms with Crippen LogP contribution in [0.1, 0.15) is 16.7 Å². The van der Waals surface area contributed by atoms with Crippen LogP contribution in [-0.2, 0) is 9.53 Å². The Morgan fingerprint density at radius 1 is 0.931 bits per heavy atom. The summed E-state index contributed by atoms with van der Waals surface area (Å²) >= 11 is 0. The van der Waals surface area contributed by atoms with Gasteiger partial charge in [0.25, 0.3) is 5.69 Å². The van der Waals surface area contributed by atoms with Crippen molar-refractivity contribution < 1.29 is 14.5 Å². The first-order valence-corrected chi connectivity index (χ1v) is 8.95. The first kappa shape index (κ1) is 18.3. The van der Waals surface area contributed by atoms with E-state index >= 15 is 0 Å². The van der Waals surface area contributed by atoms with E-state index in [0.717, 1.165) is 16.7 Å². The normalized spacial score (nSPS) is 14.6. The maximum absolute atomic E-state index is 12.2. The van der Waals surface area contributed by atoms with Gasteiger partial charge in [-0.3, -0.25) is 10.1 Å². The molecule has 3 aromatic rings. The largest absolute Gasteiger partial charge is 0.402 e. The van der Waals surface area contributed by atoms with Gasteiger partial charge in [0.2, 0.25) is 5.90 Å². The average Bonchev–Trinajstić information content (AvgIpc) is 3.09. The van der Waals surface area contributed by atoms with Gasteiger partial charge < -0.3 is 4.74 Å². The Morgan fingerprint density at radius 3 is 2.24 bits per heavy atom. The molecule has 1 aliphatic heterocycles. The van der Waals surface area contributed by atoms with Crippen LogP contribution in [0.25, 0.3) is 17.2 Å². The zero-order valence-electron chi connectivity index (χ0n) is 15.5. The van der Waals surface area contributed by atoms with Gasteiger partial charge >= 0.3 is 5.97 Å². The van der Waals surface area contributed by atoms with Gasteiger partial charge in [-0.25, -0.2) is 9.79 Å². The van der Waals surface area contributed by atoms with E-state index < -0.39 is 10.9 Å². The van der Waals surface area contributed by atoms with Crippen LogP contribution in [-0.4, -0.2) is 16.8 Å². The van der Waals surface area contributed by atoms with E-state index in [9.17, 15) is 14.9 Å². The summed E-state index contributed by atoms with van der Waals surface area (Å²) in [5.41, 5.74) is 4.19. The Balaban J connectivity index is 1.60. The molecular formula is C23H16N2O4. The van der Waals surface area contributed by atoms with E-state index in [4.69, 9.17) is 4.74 Å². The molecule has 0 aromatic heterocycles. The lowest BCUT2D eigenvalue weighted by Gasteiger charge is -2.02. The van der Waals surface area contributed by atoms with Crippen molar-refractivity contribution in [1.82, 2.24) is 0 Å². The minimum atomic E-state index is -0.553. The van der Waals surface area contributed by atoms with Crippen molar-refractivity contribution in [2.75, 3.05) is 0 Å². The molecule has 0 aliphatic carbocycles. The van der Waals surface area contributed by atoms with Crippen LogP contribution >= 0.6 is 0 Å². The number of nitro groups is 1. The Hall–Kier alpha value is -4.06.